The lowest BCUT2D eigenvalue weighted by atomic mass is 9.83. The molecule has 0 spiro atoms. The van der Waals surface area contributed by atoms with Gasteiger partial charge >= 0.3 is 0 Å². The van der Waals surface area contributed by atoms with Crippen LogP contribution in [0.25, 0.3) is 11.0 Å². The molecule has 0 unspecified atom stereocenters. The first-order chi connectivity index (χ1) is 15.8. The lowest BCUT2D eigenvalue weighted by Crippen LogP contribution is -2.36. The van der Waals surface area contributed by atoms with Crippen LogP contribution < -0.4 is 14.4 Å². The Kier molecular flexibility index (Phi) is 6.39. The van der Waals surface area contributed by atoms with Gasteiger partial charge in [-0.15, -0.1) is 0 Å². The highest BCUT2D eigenvalue weighted by molar-refractivity contribution is 5.85. The van der Waals surface area contributed by atoms with Crippen LogP contribution in [0.4, 0.5) is 5.69 Å². The van der Waals surface area contributed by atoms with Crippen LogP contribution in [0, 0.1) is 5.92 Å². The summed E-state index contributed by atoms with van der Waals surface area (Å²) in [5.74, 6) is 2.49. The topological polar surface area (TPSA) is 56.7 Å². The van der Waals surface area contributed by atoms with Crippen LogP contribution in [0.5, 0.6) is 11.5 Å². The van der Waals surface area contributed by atoms with E-state index in [-0.39, 0.29) is 6.10 Å². The summed E-state index contributed by atoms with van der Waals surface area (Å²) in [7, 11) is 1.73. The molecule has 2 aliphatic rings. The van der Waals surface area contributed by atoms with Gasteiger partial charge in [-0.3, -0.25) is 4.98 Å². The molecule has 1 saturated heterocycles. The van der Waals surface area contributed by atoms with E-state index in [0.29, 0.717) is 5.92 Å². The average Bonchev–Trinajstić information content (AvgIpc) is 2.86. The summed E-state index contributed by atoms with van der Waals surface area (Å²) in [4.78, 5) is 11.5. The van der Waals surface area contributed by atoms with Crippen LogP contribution in [0.1, 0.15) is 31.2 Å². The molecular weight excluding hydrogens is 402 g/mol. The number of hydrogen-bond acceptors (Lipinski definition) is 6. The zero-order valence-electron chi connectivity index (χ0n) is 18.7. The summed E-state index contributed by atoms with van der Waals surface area (Å²) in [5.41, 5.74) is 4.23. The minimum Gasteiger partial charge on any atom is -0.497 e. The Bertz CT molecular complexity index is 1040. The maximum atomic E-state index is 6.55. The number of hydrogen-bond donors (Lipinski definition) is 0. The van der Waals surface area contributed by atoms with E-state index < -0.39 is 0 Å². The molecule has 6 nitrogen and oxygen atoms in total. The van der Waals surface area contributed by atoms with Crippen molar-refractivity contribution in [3.8, 4) is 11.5 Å². The van der Waals surface area contributed by atoms with Crippen LogP contribution in [0.15, 0.2) is 48.8 Å². The molecule has 0 atom stereocenters. The van der Waals surface area contributed by atoms with Crippen molar-refractivity contribution in [2.45, 2.75) is 38.2 Å². The molecule has 2 fully saturated rings. The maximum absolute atomic E-state index is 6.55. The van der Waals surface area contributed by atoms with Crippen LogP contribution in [-0.4, -0.2) is 49.5 Å². The Morgan fingerprint density at radius 1 is 1.00 bits per heavy atom. The predicted molar refractivity (Wildman–Crippen MR) is 126 cm³/mol. The van der Waals surface area contributed by atoms with Gasteiger partial charge in [-0.05, 0) is 61.8 Å². The molecule has 0 bridgehead atoms. The van der Waals surface area contributed by atoms with Crippen LogP contribution >= 0.6 is 0 Å². The number of rotatable bonds is 6. The summed E-state index contributed by atoms with van der Waals surface area (Å²) in [6.45, 7) is 3.29. The predicted octanol–water partition coefficient (Wildman–Crippen LogP) is 4.66. The van der Waals surface area contributed by atoms with Gasteiger partial charge in [0.25, 0.3) is 0 Å². The minimum absolute atomic E-state index is 0.224. The standard InChI is InChI=1S/C26H31N3O3/c1-30-23-4-2-3-20(16-23)15-19-5-7-22(8-6-19)32-25-18-21(29-11-13-31-14-12-29)17-24-26(25)28-10-9-27-24/h2-4,9-10,16-19,22H,5-8,11-15H2,1H3. The van der Waals surface area contributed by atoms with E-state index in [1.807, 2.05) is 6.07 Å². The summed E-state index contributed by atoms with van der Waals surface area (Å²) < 4.78 is 17.4. The van der Waals surface area contributed by atoms with E-state index in [4.69, 9.17) is 14.2 Å². The largest absolute Gasteiger partial charge is 0.497 e. The molecule has 2 heterocycles. The molecule has 0 amide bonds. The van der Waals surface area contributed by atoms with Gasteiger partial charge in [0.2, 0.25) is 0 Å². The number of methoxy groups -OCH3 is 1. The quantitative estimate of drug-likeness (QED) is 0.564. The van der Waals surface area contributed by atoms with E-state index in [9.17, 15) is 0 Å². The van der Waals surface area contributed by atoms with Crippen molar-refractivity contribution in [2.24, 2.45) is 5.92 Å². The number of benzene rings is 2. The van der Waals surface area contributed by atoms with E-state index in [1.165, 1.54) is 18.4 Å². The van der Waals surface area contributed by atoms with Crippen molar-refractivity contribution in [3.63, 3.8) is 0 Å². The van der Waals surface area contributed by atoms with E-state index >= 15 is 0 Å². The van der Waals surface area contributed by atoms with Gasteiger partial charge in [0.15, 0.2) is 0 Å². The zero-order valence-corrected chi connectivity index (χ0v) is 18.7. The molecule has 168 valence electrons. The second kappa shape index (κ2) is 9.74. The molecule has 3 aromatic rings. The third-order valence-corrected chi connectivity index (χ3v) is 6.65. The Morgan fingerprint density at radius 3 is 2.62 bits per heavy atom. The fraction of sp³-hybridized carbons (Fsp3) is 0.462. The Balaban J connectivity index is 1.26. The first kappa shape index (κ1) is 21.0. The van der Waals surface area contributed by atoms with Gasteiger partial charge in [-0.1, -0.05) is 12.1 Å². The number of nitrogens with zero attached hydrogens (tertiary/aromatic N) is 3. The fourth-order valence-corrected chi connectivity index (χ4v) is 4.89. The normalized spacial score (nSPS) is 21.5. The molecule has 0 N–H and O–H groups in total. The highest BCUT2D eigenvalue weighted by Crippen LogP contribution is 2.35. The van der Waals surface area contributed by atoms with Gasteiger partial charge in [-0.2, -0.15) is 0 Å². The summed E-state index contributed by atoms with van der Waals surface area (Å²) in [5, 5.41) is 0. The van der Waals surface area contributed by atoms with E-state index in [0.717, 1.165) is 73.8 Å². The SMILES string of the molecule is COc1cccc(CC2CCC(Oc3cc(N4CCOCC4)cc4nccnc34)CC2)c1. The van der Waals surface area contributed by atoms with Crippen molar-refractivity contribution in [1.82, 2.24) is 9.97 Å². The number of ether oxygens (including phenoxy) is 3. The van der Waals surface area contributed by atoms with Crippen LogP contribution in [0.2, 0.25) is 0 Å². The number of aromatic nitrogens is 2. The molecule has 1 aliphatic heterocycles. The first-order valence-corrected chi connectivity index (χ1v) is 11.7. The monoisotopic (exact) mass is 433 g/mol. The molecular formula is C26H31N3O3. The summed E-state index contributed by atoms with van der Waals surface area (Å²) in [6, 6.07) is 12.7. The Hall–Kier alpha value is -2.86. The van der Waals surface area contributed by atoms with Crippen LogP contribution in [0.3, 0.4) is 0 Å². The number of anilines is 1. The van der Waals surface area contributed by atoms with Crippen molar-refractivity contribution in [3.05, 3.63) is 54.4 Å². The smallest absolute Gasteiger partial charge is 0.149 e. The van der Waals surface area contributed by atoms with E-state index in [1.54, 1.807) is 19.5 Å². The molecule has 32 heavy (non-hydrogen) atoms. The van der Waals surface area contributed by atoms with Gasteiger partial charge < -0.3 is 19.1 Å². The first-order valence-electron chi connectivity index (χ1n) is 11.7. The van der Waals surface area contributed by atoms with Crippen LogP contribution in [-0.2, 0) is 11.2 Å². The van der Waals surface area contributed by atoms with Gasteiger partial charge in [0.05, 0.1) is 31.9 Å². The number of morpholine rings is 1. The van der Waals surface area contributed by atoms with Gasteiger partial charge in [-0.25, -0.2) is 4.98 Å². The maximum Gasteiger partial charge on any atom is 0.149 e. The van der Waals surface area contributed by atoms with Gasteiger partial charge in [0.1, 0.15) is 17.0 Å². The lowest BCUT2D eigenvalue weighted by molar-refractivity contribution is 0.122. The summed E-state index contributed by atoms with van der Waals surface area (Å²) >= 11 is 0. The van der Waals surface area contributed by atoms with Gasteiger partial charge in [0, 0.05) is 37.2 Å². The second-order valence-electron chi connectivity index (χ2n) is 8.78. The highest BCUT2D eigenvalue weighted by atomic mass is 16.5. The van der Waals surface area contributed by atoms with Crippen molar-refractivity contribution in [1.29, 1.82) is 0 Å². The average molecular weight is 434 g/mol. The Morgan fingerprint density at radius 2 is 1.81 bits per heavy atom. The third-order valence-electron chi connectivity index (χ3n) is 6.65. The van der Waals surface area contributed by atoms with Crippen molar-refractivity contribution >= 4 is 16.7 Å². The van der Waals surface area contributed by atoms with Crippen molar-refractivity contribution in [2.75, 3.05) is 38.3 Å². The second-order valence-corrected chi connectivity index (χ2v) is 8.78. The molecule has 2 aromatic carbocycles. The molecule has 6 heteroatoms. The molecule has 1 aromatic heterocycles. The fourth-order valence-electron chi connectivity index (χ4n) is 4.89. The van der Waals surface area contributed by atoms with Crippen molar-refractivity contribution < 1.29 is 14.2 Å². The van der Waals surface area contributed by atoms with E-state index in [2.05, 4.69) is 45.2 Å². The summed E-state index contributed by atoms with van der Waals surface area (Å²) in [6.07, 6.45) is 9.31. The molecule has 1 saturated carbocycles. The highest BCUT2D eigenvalue weighted by Gasteiger charge is 2.24. The minimum atomic E-state index is 0.224. The zero-order chi connectivity index (χ0) is 21.8. The molecule has 1 aliphatic carbocycles. The lowest BCUT2D eigenvalue weighted by Gasteiger charge is -2.31. The Labute approximate surface area is 189 Å². The third kappa shape index (κ3) is 4.80. The molecule has 0 radical (unpaired) electrons. The molecule has 5 rings (SSSR count). The number of fused-ring (bicyclic) bond motifs is 1.